The maximum absolute atomic E-state index is 10.6. The summed E-state index contributed by atoms with van der Waals surface area (Å²) in [6.07, 6.45) is 0.723. The topological polar surface area (TPSA) is 35.5 Å². The second-order valence-electron chi connectivity index (χ2n) is 3.86. The highest BCUT2D eigenvalue weighted by atomic mass is 35.5. The molecule has 0 N–H and O–H groups in total. The Balaban J connectivity index is 3.01. The van der Waals surface area contributed by atoms with Gasteiger partial charge in [0.25, 0.3) is 0 Å². The fourth-order valence-electron chi connectivity index (χ4n) is 1.20. The van der Waals surface area contributed by atoms with E-state index in [9.17, 15) is 4.79 Å². The first-order valence-corrected chi connectivity index (χ1v) is 5.41. The standard InChI is InChI=1S/C12H15ClO3/c1-8(2)7-16-12-10(13)4-9(6-14)5-11(12)15-3/h4-6,8H,7H2,1-3H3. The number of ether oxygens (including phenoxy) is 2. The van der Waals surface area contributed by atoms with Gasteiger partial charge in [-0.1, -0.05) is 25.4 Å². The maximum atomic E-state index is 10.6. The van der Waals surface area contributed by atoms with Crippen LogP contribution < -0.4 is 9.47 Å². The monoisotopic (exact) mass is 242 g/mol. The van der Waals surface area contributed by atoms with E-state index in [-0.39, 0.29) is 0 Å². The summed E-state index contributed by atoms with van der Waals surface area (Å²) < 4.78 is 10.7. The van der Waals surface area contributed by atoms with E-state index in [2.05, 4.69) is 0 Å². The summed E-state index contributed by atoms with van der Waals surface area (Å²) in [6, 6.07) is 3.17. The minimum Gasteiger partial charge on any atom is -0.493 e. The Morgan fingerprint density at radius 1 is 1.44 bits per heavy atom. The molecule has 0 aliphatic heterocycles. The van der Waals surface area contributed by atoms with Gasteiger partial charge in [0.2, 0.25) is 0 Å². The maximum Gasteiger partial charge on any atom is 0.179 e. The largest absolute Gasteiger partial charge is 0.493 e. The zero-order valence-electron chi connectivity index (χ0n) is 9.62. The quantitative estimate of drug-likeness (QED) is 0.744. The number of methoxy groups -OCH3 is 1. The summed E-state index contributed by atoms with van der Waals surface area (Å²) in [5.74, 6) is 1.37. The predicted octanol–water partition coefficient (Wildman–Crippen LogP) is 3.20. The first kappa shape index (κ1) is 12.8. The lowest BCUT2D eigenvalue weighted by atomic mass is 10.2. The van der Waals surface area contributed by atoms with Crippen molar-refractivity contribution in [2.24, 2.45) is 5.92 Å². The van der Waals surface area contributed by atoms with E-state index < -0.39 is 0 Å². The third-order valence-corrected chi connectivity index (χ3v) is 2.23. The van der Waals surface area contributed by atoms with Crippen LogP contribution in [0.15, 0.2) is 12.1 Å². The second-order valence-corrected chi connectivity index (χ2v) is 4.26. The molecule has 0 fully saturated rings. The van der Waals surface area contributed by atoms with Gasteiger partial charge in [-0.25, -0.2) is 0 Å². The van der Waals surface area contributed by atoms with Crippen molar-refractivity contribution in [2.45, 2.75) is 13.8 Å². The van der Waals surface area contributed by atoms with E-state index in [1.165, 1.54) is 7.11 Å². The van der Waals surface area contributed by atoms with Crippen molar-refractivity contribution < 1.29 is 14.3 Å². The van der Waals surface area contributed by atoms with E-state index in [1.54, 1.807) is 12.1 Å². The van der Waals surface area contributed by atoms with Gasteiger partial charge in [0.05, 0.1) is 18.7 Å². The summed E-state index contributed by atoms with van der Waals surface area (Å²) in [5, 5.41) is 0.391. The molecule has 0 unspecified atom stereocenters. The van der Waals surface area contributed by atoms with Gasteiger partial charge in [-0.2, -0.15) is 0 Å². The van der Waals surface area contributed by atoms with E-state index >= 15 is 0 Å². The average Bonchev–Trinajstić information content (AvgIpc) is 2.26. The molecule has 0 heterocycles. The molecule has 3 nitrogen and oxygen atoms in total. The third kappa shape index (κ3) is 3.14. The fourth-order valence-corrected chi connectivity index (χ4v) is 1.47. The molecule has 0 aliphatic carbocycles. The van der Waals surface area contributed by atoms with Crippen molar-refractivity contribution >= 4 is 17.9 Å². The van der Waals surface area contributed by atoms with Crippen LogP contribution in [0.1, 0.15) is 24.2 Å². The highest BCUT2D eigenvalue weighted by Gasteiger charge is 2.12. The Bertz CT molecular complexity index is 375. The number of benzene rings is 1. The van der Waals surface area contributed by atoms with Crippen LogP contribution in [0.5, 0.6) is 11.5 Å². The molecule has 16 heavy (non-hydrogen) atoms. The average molecular weight is 243 g/mol. The molecule has 0 amide bonds. The van der Waals surface area contributed by atoms with Crippen molar-refractivity contribution in [3.63, 3.8) is 0 Å². The lowest BCUT2D eigenvalue weighted by molar-refractivity contribution is 0.112. The van der Waals surface area contributed by atoms with E-state index in [0.717, 1.165) is 6.29 Å². The van der Waals surface area contributed by atoms with Gasteiger partial charge < -0.3 is 9.47 Å². The molecule has 0 aromatic heterocycles. The van der Waals surface area contributed by atoms with Crippen LogP contribution in [0.2, 0.25) is 5.02 Å². The van der Waals surface area contributed by atoms with Gasteiger partial charge in [-0.3, -0.25) is 4.79 Å². The number of halogens is 1. The molecule has 4 heteroatoms. The van der Waals surface area contributed by atoms with Crippen LogP contribution in [-0.2, 0) is 0 Å². The van der Waals surface area contributed by atoms with Crippen molar-refractivity contribution in [1.82, 2.24) is 0 Å². The number of hydrogen-bond donors (Lipinski definition) is 0. The van der Waals surface area contributed by atoms with Crippen LogP contribution in [0.3, 0.4) is 0 Å². The summed E-state index contributed by atoms with van der Waals surface area (Å²) in [4.78, 5) is 10.6. The first-order valence-electron chi connectivity index (χ1n) is 5.04. The molecule has 0 atom stereocenters. The molecule has 0 saturated carbocycles. The zero-order chi connectivity index (χ0) is 12.1. The van der Waals surface area contributed by atoms with Gasteiger partial charge in [0.1, 0.15) is 6.29 Å². The van der Waals surface area contributed by atoms with Crippen molar-refractivity contribution in [3.05, 3.63) is 22.7 Å². The lowest BCUT2D eigenvalue weighted by Crippen LogP contribution is -2.06. The van der Waals surface area contributed by atoms with E-state index in [0.29, 0.717) is 34.6 Å². The molecule has 1 aromatic carbocycles. The molecule has 1 rings (SSSR count). The summed E-state index contributed by atoms with van der Waals surface area (Å²) in [7, 11) is 1.52. The number of carbonyl (C=O) groups excluding carboxylic acids is 1. The van der Waals surface area contributed by atoms with Gasteiger partial charge in [0, 0.05) is 5.56 Å². The molecule has 0 bridgehead atoms. The lowest BCUT2D eigenvalue weighted by Gasteiger charge is -2.14. The number of aldehydes is 1. The van der Waals surface area contributed by atoms with Crippen LogP contribution >= 0.6 is 11.6 Å². The predicted molar refractivity (Wildman–Crippen MR) is 63.7 cm³/mol. The van der Waals surface area contributed by atoms with Crippen LogP contribution in [-0.4, -0.2) is 20.0 Å². The zero-order valence-corrected chi connectivity index (χ0v) is 10.4. The van der Waals surface area contributed by atoms with Gasteiger partial charge in [-0.05, 0) is 18.1 Å². The van der Waals surface area contributed by atoms with E-state index in [1.807, 2.05) is 13.8 Å². The van der Waals surface area contributed by atoms with E-state index in [4.69, 9.17) is 21.1 Å². The minimum absolute atomic E-state index is 0.391. The number of carbonyl (C=O) groups is 1. The third-order valence-electron chi connectivity index (χ3n) is 1.95. The van der Waals surface area contributed by atoms with Gasteiger partial charge >= 0.3 is 0 Å². The number of rotatable bonds is 5. The minimum atomic E-state index is 0.391. The molecular formula is C12H15ClO3. The molecule has 1 aromatic rings. The Morgan fingerprint density at radius 3 is 2.62 bits per heavy atom. The Labute approximate surface area is 100 Å². The molecule has 0 aliphatic rings. The normalized spacial score (nSPS) is 10.3. The smallest absolute Gasteiger partial charge is 0.179 e. The van der Waals surface area contributed by atoms with Crippen LogP contribution in [0.25, 0.3) is 0 Å². The van der Waals surface area contributed by atoms with Crippen molar-refractivity contribution in [2.75, 3.05) is 13.7 Å². The summed E-state index contributed by atoms with van der Waals surface area (Å²) >= 11 is 6.01. The van der Waals surface area contributed by atoms with Crippen molar-refractivity contribution in [3.8, 4) is 11.5 Å². The van der Waals surface area contributed by atoms with Crippen molar-refractivity contribution in [1.29, 1.82) is 0 Å². The second kappa shape index (κ2) is 5.75. The Morgan fingerprint density at radius 2 is 2.12 bits per heavy atom. The molecular weight excluding hydrogens is 228 g/mol. The highest BCUT2D eigenvalue weighted by molar-refractivity contribution is 6.32. The van der Waals surface area contributed by atoms with Crippen LogP contribution in [0.4, 0.5) is 0 Å². The Kier molecular flexibility index (Phi) is 4.62. The summed E-state index contributed by atoms with van der Waals surface area (Å²) in [5.41, 5.74) is 0.471. The van der Waals surface area contributed by atoms with Gasteiger partial charge in [-0.15, -0.1) is 0 Å². The van der Waals surface area contributed by atoms with Crippen LogP contribution in [0, 0.1) is 5.92 Å². The Hall–Kier alpha value is -1.22. The number of hydrogen-bond acceptors (Lipinski definition) is 3. The highest BCUT2D eigenvalue weighted by Crippen LogP contribution is 2.36. The first-order chi connectivity index (χ1) is 7.58. The van der Waals surface area contributed by atoms with Gasteiger partial charge in [0.15, 0.2) is 11.5 Å². The molecule has 0 saturated heterocycles. The molecule has 0 spiro atoms. The fraction of sp³-hybridized carbons (Fsp3) is 0.417. The molecule has 0 radical (unpaired) electrons. The molecule has 88 valence electrons. The summed E-state index contributed by atoms with van der Waals surface area (Å²) in [6.45, 7) is 4.64. The SMILES string of the molecule is COc1cc(C=O)cc(Cl)c1OCC(C)C.